The second-order valence-corrected chi connectivity index (χ2v) is 7.08. The maximum atomic E-state index is 10.3. The van der Waals surface area contributed by atoms with E-state index in [1.165, 1.54) is 4.68 Å². The number of hydrogen-bond acceptors (Lipinski definition) is 7. The van der Waals surface area contributed by atoms with E-state index in [0.29, 0.717) is 31.2 Å². The molecule has 0 saturated carbocycles. The number of hydrogen-bond donors (Lipinski definition) is 2. The van der Waals surface area contributed by atoms with Crippen molar-refractivity contribution in [1.29, 1.82) is 0 Å². The van der Waals surface area contributed by atoms with Crippen molar-refractivity contribution >= 4 is 0 Å². The minimum absolute atomic E-state index is 0.244. The molecule has 0 aliphatic heterocycles. The average molecular weight is 431 g/mol. The SMILES string of the molecule is CCOc1cc(CNC[C@H](O)c2ccccc2)ccc1Oc1nnnn1-c1ccccc1. The second kappa shape index (κ2) is 10.5. The smallest absolute Gasteiger partial charge is 0.346 e. The third kappa shape index (κ3) is 5.29. The highest BCUT2D eigenvalue weighted by atomic mass is 16.5. The fraction of sp³-hybridized carbons (Fsp3) is 0.208. The topological polar surface area (TPSA) is 94.3 Å². The molecular formula is C24H25N5O3. The number of aliphatic hydroxyl groups excluding tert-OH is 1. The summed E-state index contributed by atoms with van der Waals surface area (Å²) in [5.41, 5.74) is 2.68. The maximum absolute atomic E-state index is 10.3. The van der Waals surface area contributed by atoms with Crippen LogP contribution in [0, 0.1) is 0 Å². The van der Waals surface area contributed by atoms with Crippen molar-refractivity contribution in [3.8, 4) is 23.2 Å². The predicted octanol–water partition coefficient (Wildman–Crippen LogP) is 3.68. The summed E-state index contributed by atoms with van der Waals surface area (Å²) in [5, 5.41) is 25.3. The first-order valence-corrected chi connectivity index (χ1v) is 10.5. The number of para-hydroxylation sites is 1. The van der Waals surface area contributed by atoms with Crippen LogP contribution in [0.3, 0.4) is 0 Å². The van der Waals surface area contributed by atoms with Crippen molar-refractivity contribution in [3.05, 3.63) is 90.0 Å². The summed E-state index contributed by atoms with van der Waals surface area (Å²) in [6.07, 6.45) is -0.568. The van der Waals surface area contributed by atoms with Gasteiger partial charge >= 0.3 is 6.01 Å². The van der Waals surface area contributed by atoms with Gasteiger partial charge < -0.3 is 19.9 Å². The fourth-order valence-corrected chi connectivity index (χ4v) is 3.23. The third-order valence-corrected chi connectivity index (χ3v) is 4.80. The molecular weight excluding hydrogens is 406 g/mol. The molecule has 4 rings (SSSR count). The Balaban J connectivity index is 1.44. The molecule has 0 fully saturated rings. The molecule has 1 atom stereocenters. The molecule has 0 radical (unpaired) electrons. The molecule has 0 aliphatic carbocycles. The van der Waals surface area contributed by atoms with Crippen LogP contribution in [-0.4, -0.2) is 38.5 Å². The minimum Gasteiger partial charge on any atom is -0.490 e. The molecule has 1 heterocycles. The predicted molar refractivity (Wildman–Crippen MR) is 120 cm³/mol. The zero-order valence-corrected chi connectivity index (χ0v) is 17.8. The van der Waals surface area contributed by atoms with Gasteiger partial charge in [0.2, 0.25) is 0 Å². The van der Waals surface area contributed by atoms with E-state index < -0.39 is 6.10 Å². The molecule has 0 amide bonds. The number of ether oxygens (including phenoxy) is 2. The average Bonchev–Trinajstić information content (AvgIpc) is 3.30. The molecule has 32 heavy (non-hydrogen) atoms. The van der Waals surface area contributed by atoms with Gasteiger partial charge in [-0.1, -0.05) is 59.7 Å². The van der Waals surface area contributed by atoms with Crippen molar-refractivity contribution in [2.45, 2.75) is 19.6 Å². The number of rotatable bonds is 10. The molecule has 1 aromatic heterocycles. The van der Waals surface area contributed by atoms with Gasteiger partial charge in [0, 0.05) is 13.1 Å². The Morgan fingerprint density at radius 3 is 2.47 bits per heavy atom. The number of tetrazole rings is 1. The van der Waals surface area contributed by atoms with E-state index in [4.69, 9.17) is 9.47 Å². The van der Waals surface area contributed by atoms with Crippen LogP contribution >= 0.6 is 0 Å². The van der Waals surface area contributed by atoms with Gasteiger partial charge in [0.15, 0.2) is 11.5 Å². The van der Waals surface area contributed by atoms with Crippen LogP contribution in [0.15, 0.2) is 78.9 Å². The zero-order chi connectivity index (χ0) is 22.2. The van der Waals surface area contributed by atoms with E-state index in [0.717, 1.165) is 16.8 Å². The Morgan fingerprint density at radius 1 is 0.969 bits per heavy atom. The van der Waals surface area contributed by atoms with Crippen LogP contribution in [0.1, 0.15) is 24.2 Å². The van der Waals surface area contributed by atoms with Gasteiger partial charge in [-0.2, -0.15) is 4.68 Å². The van der Waals surface area contributed by atoms with Crippen LogP contribution in [0.5, 0.6) is 17.5 Å². The molecule has 8 heteroatoms. The van der Waals surface area contributed by atoms with Gasteiger partial charge in [0.25, 0.3) is 0 Å². The van der Waals surface area contributed by atoms with E-state index in [2.05, 4.69) is 20.8 Å². The molecule has 0 aliphatic rings. The molecule has 164 valence electrons. The molecule has 4 aromatic rings. The Morgan fingerprint density at radius 2 is 1.72 bits per heavy atom. The van der Waals surface area contributed by atoms with E-state index in [-0.39, 0.29) is 6.01 Å². The molecule has 0 spiro atoms. The lowest BCUT2D eigenvalue weighted by atomic mass is 10.1. The molecule has 0 saturated heterocycles. The summed E-state index contributed by atoms with van der Waals surface area (Å²) >= 11 is 0. The van der Waals surface area contributed by atoms with Gasteiger partial charge in [-0.25, -0.2) is 0 Å². The Hall–Kier alpha value is -3.75. The Kier molecular flexibility index (Phi) is 7.06. The van der Waals surface area contributed by atoms with Crippen molar-refractivity contribution in [1.82, 2.24) is 25.5 Å². The lowest BCUT2D eigenvalue weighted by Gasteiger charge is -2.14. The van der Waals surface area contributed by atoms with Crippen molar-refractivity contribution in [2.24, 2.45) is 0 Å². The standard InChI is InChI=1S/C24H25N5O3/c1-2-31-23-15-18(16-25-17-21(30)19-9-5-3-6-10-19)13-14-22(23)32-24-26-27-28-29(24)20-11-7-4-8-12-20/h3-15,21,25,30H,2,16-17H2,1H3/t21-/m0/s1. The van der Waals surface area contributed by atoms with Crippen LogP contribution in [0.2, 0.25) is 0 Å². The summed E-state index contributed by atoms with van der Waals surface area (Å²) in [7, 11) is 0. The highest BCUT2D eigenvalue weighted by molar-refractivity contribution is 5.45. The number of aliphatic hydroxyl groups is 1. The van der Waals surface area contributed by atoms with E-state index in [9.17, 15) is 5.11 Å². The normalized spacial score (nSPS) is 11.8. The second-order valence-electron chi connectivity index (χ2n) is 7.08. The quantitative estimate of drug-likeness (QED) is 0.396. The van der Waals surface area contributed by atoms with Crippen LogP contribution in [-0.2, 0) is 6.54 Å². The van der Waals surface area contributed by atoms with Crippen LogP contribution < -0.4 is 14.8 Å². The summed E-state index contributed by atoms with van der Waals surface area (Å²) in [4.78, 5) is 0. The summed E-state index contributed by atoms with van der Waals surface area (Å²) in [6, 6.07) is 25.0. The van der Waals surface area contributed by atoms with E-state index >= 15 is 0 Å². The van der Waals surface area contributed by atoms with Gasteiger partial charge in [0.1, 0.15) is 0 Å². The van der Waals surface area contributed by atoms with Gasteiger partial charge in [-0.05, 0) is 52.7 Å². The first-order chi connectivity index (χ1) is 15.7. The zero-order valence-electron chi connectivity index (χ0n) is 17.8. The summed E-state index contributed by atoms with van der Waals surface area (Å²) in [5.74, 6) is 1.12. The number of nitrogens with one attached hydrogen (secondary N) is 1. The lowest BCUT2D eigenvalue weighted by molar-refractivity contribution is 0.174. The Labute approximate surface area is 186 Å². The molecule has 2 N–H and O–H groups in total. The highest BCUT2D eigenvalue weighted by Crippen LogP contribution is 2.32. The number of benzene rings is 3. The monoisotopic (exact) mass is 431 g/mol. The van der Waals surface area contributed by atoms with Crippen molar-refractivity contribution < 1.29 is 14.6 Å². The van der Waals surface area contributed by atoms with Crippen LogP contribution in [0.4, 0.5) is 0 Å². The van der Waals surface area contributed by atoms with Crippen molar-refractivity contribution in [3.63, 3.8) is 0 Å². The van der Waals surface area contributed by atoms with Gasteiger partial charge in [-0.3, -0.25) is 0 Å². The minimum atomic E-state index is -0.568. The highest BCUT2D eigenvalue weighted by Gasteiger charge is 2.15. The van der Waals surface area contributed by atoms with E-state index in [1.807, 2.05) is 85.8 Å². The lowest BCUT2D eigenvalue weighted by Crippen LogP contribution is -2.21. The van der Waals surface area contributed by atoms with Gasteiger partial charge in [-0.15, -0.1) is 0 Å². The number of nitrogens with zero attached hydrogens (tertiary/aromatic N) is 4. The van der Waals surface area contributed by atoms with Gasteiger partial charge in [0.05, 0.1) is 18.4 Å². The van der Waals surface area contributed by atoms with Crippen molar-refractivity contribution in [2.75, 3.05) is 13.2 Å². The molecule has 3 aromatic carbocycles. The first kappa shape index (κ1) is 21.5. The van der Waals surface area contributed by atoms with Crippen LogP contribution in [0.25, 0.3) is 5.69 Å². The largest absolute Gasteiger partial charge is 0.490 e. The summed E-state index contributed by atoms with van der Waals surface area (Å²) in [6.45, 7) is 3.42. The van der Waals surface area contributed by atoms with E-state index in [1.54, 1.807) is 0 Å². The Bertz CT molecular complexity index is 1120. The maximum Gasteiger partial charge on any atom is 0.346 e. The summed E-state index contributed by atoms with van der Waals surface area (Å²) < 4.78 is 13.3. The number of aromatic nitrogens is 4. The first-order valence-electron chi connectivity index (χ1n) is 10.5. The molecule has 0 bridgehead atoms. The fourth-order valence-electron chi connectivity index (χ4n) is 3.23. The third-order valence-electron chi connectivity index (χ3n) is 4.80. The molecule has 0 unspecified atom stereocenters. The molecule has 8 nitrogen and oxygen atoms in total.